The van der Waals surface area contributed by atoms with Gasteiger partial charge in [-0.15, -0.1) is 6.58 Å². The monoisotopic (exact) mass is 192 g/mol. The van der Waals surface area contributed by atoms with E-state index >= 15 is 0 Å². The fourth-order valence-electron chi connectivity index (χ4n) is 1.13. The van der Waals surface area contributed by atoms with Crippen LogP contribution in [0.15, 0.2) is 30.9 Å². The molecule has 0 bridgehead atoms. The van der Waals surface area contributed by atoms with Gasteiger partial charge in [0.2, 0.25) is 0 Å². The second kappa shape index (κ2) is 3.93. The minimum atomic E-state index is -1.02. The molecule has 0 aliphatic carbocycles. The van der Waals surface area contributed by atoms with Gasteiger partial charge in [-0.05, 0) is 23.8 Å². The van der Waals surface area contributed by atoms with Crippen molar-refractivity contribution in [1.29, 1.82) is 0 Å². The first-order chi connectivity index (χ1) is 6.54. The number of benzene rings is 1. The van der Waals surface area contributed by atoms with Crippen LogP contribution in [0.2, 0.25) is 0 Å². The smallest absolute Gasteiger partial charge is 0.335 e. The summed E-state index contributed by atoms with van der Waals surface area (Å²) in [5.41, 5.74) is 12.4. The van der Waals surface area contributed by atoms with E-state index in [-0.39, 0.29) is 5.56 Å². The van der Waals surface area contributed by atoms with E-state index in [4.69, 9.17) is 16.6 Å². The van der Waals surface area contributed by atoms with Crippen LogP contribution in [0.3, 0.4) is 0 Å². The number of anilines is 1. The zero-order valence-electron chi connectivity index (χ0n) is 7.60. The van der Waals surface area contributed by atoms with Crippen LogP contribution in [0, 0.1) is 0 Å². The Morgan fingerprint density at radius 1 is 1.50 bits per heavy atom. The molecule has 0 spiro atoms. The van der Waals surface area contributed by atoms with Crippen molar-refractivity contribution in [3.05, 3.63) is 42.0 Å². The van der Waals surface area contributed by atoms with Gasteiger partial charge in [0.1, 0.15) is 0 Å². The number of nitrogen functional groups attached to an aromatic ring is 1. The zero-order chi connectivity index (χ0) is 10.7. The van der Waals surface area contributed by atoms with Gasteiger partial charge in [-0.25, -0.2) is 4.79 Å². The maximum absolute atomic E-state index is 10.7. The summed E-state index contributed by atoms with van der Waals surface area (Å²) in [6, 6.07) is 4.13. The van der Waals surface area contributed by atoms with Gasteiger partial charge in [0, 0.05) is 11.7 Å². The number of carbonyl (C=O) groups is 1. The molecule has 5 N–H and O–H groups in total. The standard InChI is InChI=1S/C10H12N2O2/c1-2-9(12)6-3-7(10(13)14)5-8(11)4-6/h2-5,9H,1,11-12H2,(H,13,14)/t9-/m0/s1. The summed E-state index contributed by atoms with van der Waals surface area (Å²) in [5, 5.41) is 8.77. The third-order valence-corrected chi connectivity index (χ3v) is 1.86. The number of nitrogens with two attached hydrogens (primary N) is 2. The molecular formula is C10H12N2O2. The van der Waals surface area contributed by atoms with Crippen molar-refractivity contribution in [3.63, 3.8) is 0 Å². The maximum Gasteiger partial charge on any atom is 0.335 e. The predicted molar refractivity (Wildman–Crippen MR) is 54.9 cm³/mol. The lowest BCUT2D eigenvalue weighted by molar-refractivity contribution is 0.0697. The third kappa shape index (κ3) is 2.11. The summed E-state index contributed by atoms with van der Waals surface area (Å²) in [6.45, 7) is 3.53. The Morgan fingerprint density at radius 3 is 2.64 bits per heavy atom. The lowest BCUT2D eigenvalue weighted by atomic mass is 10.0. The van der Waals surface area contributed by atoms with E-state index in [1.54, 1.807) is 6.07 Å². The number of carboxylic acids is 1. The molecule has 0 amide bonds. The van der Waals surface area contributed by atoms with Crippen molar-refractivity contribution in [1.82, 2.24) is 0 Å². The molecule has 0 radical (unpaired) electrons. The summed E-state index contributed by atoms with van der Waals surface area (Å²) < 4.78 is 0. The minimum absolute atomic E-state index is 0.136. The Balaban J connectivity index is 3.19. The highest BCUT2D eigenvalue weighted by atomic mass is 16.4. The quantitative estimate of drug-likeness (QED) is 0.495. The maximum atomic E-state index is 10.7. The summed E-state index contributed by atoms with van der Waals surface area (Å²) in [7, 11) is 0. The number of hydrogen-bond acceptors (Lipinski definition) is 3. The van der Waals surface area contributed by atoms with Crippen LogP contribution in [0.4, 0.5) is 5.69 Å². The van der Waals surface area contributed by atoms with Crippen LogP contribution in [0.25, 0.3) is 0 Å². The highest BCUT2D eigenvalue weighted by molar-refractivity contribution is 5.89. The van der Waals surface area contributed by atoms with Gasteiger partial charge in [-0.3, -0.25) is 0 Å². The van der Waals surface area contributed by atoms with Crippen LogP contribution in [-0.2, 0) is 0 Å². The average molecular weight is 192 g/mol. The van der Waals surface area contributed by atoms with E-state index in [1.165, 1.54) is 18.2 Å². The number of aromatic carboxylic acids is 1. The van der Waals surface area contributed by atoms with Gasteiger partial charge >= 0.3 is 5.97 Å². The van der Waals surface area contributed by atoms with Gasteiger partial charge in [0.05, 0.1) is 5.56 Å². The van der Waals surface area contributed by atoms with Crippen molar-refractivity contribution in [3.8, 4) is 0 Å². The molecule has 1 aromatic carbocycles. The Kier molecular flexibility index (Phi) is 2.89. The first kappa shape index (κ1) is 10.3. The fraction of sp³-hybridized carbons (Fsp3) is 0.100. The summed E-state index contributed by atoms with van der Waals surface area (Å²) in [4.78, 5) is 10.7. The molecule has 0 fully saturated rings. The van der Waals surface area contributed by atoms with E-state index < -0.39 is 12.0 Å². The van der Waals surface area contributed by atoms with Crippen LogP contribution in [0.5, 0.6) is 0 Å². The molecule has 0 aliphatic heterocycles. The third-order valence-electron chi connectivity index (χ3n) is 1.86. The molecule has 0 aliphatic rings. The zero-order valence-corrected chi connectivity index (χ0v) is 7.60. The Bertz CT molecular complexity index is 374. The molecule has 0 heterocycles. The molecule has 0 unspecified atom stereocenters. The van der Waals surface area contributed by atoms with Crippen LogP contribution >= 0.6 is 0 Å². The molecule has 1 atom stereocenters. The highest BCUT2D eigenvalue weighted by Crippen LogP contribution is 2.17. The number of carboxylic acid groups (broad SMARTS) is 1. The Morgan fingerprint density at radius 2 is 2.14 bits per heavy atom. The van der Waals surface area contributed by atoms with Crippen molar-refractivity contribution >= 4 is 11.7 Å². The molecule has 1 rings (SSSR count). The van der Waals surface area contributed by atoms with Crippen molar-refractivity contribution in [2.45, 2.75) is 6.04 Å². The number of rotatable bonds is 3. The molecule has 4 nitrogen and oxygen atoms in total. The van der Waals surface area contributed by atoms with Crippen LogP contribution in [0.1, 0.15) is 22.0 Å². The largest absolute Gasteiger partial charge is 0.478 e. The molecule has 4 heteroatoms. The predicted octanol–water partition coefficient (Wildman–Crippen LogP) is 1.15. The number of hydrogen-bond donors (Lipinski definition) is 3. The molecule has 1 aromatic rings. The summed E-state index contributed by atoms with van der Waals surface area (Å²) >= 11 is 0. The highest BCUT2D eigenvalue weighted by Gasteiger charge is 2.08. The van der Waals surface area contributed by atoms with Crippen molar-refractivity contribution < 1.29 is 9.90 Å². The van der Waals surface area contributed by atoms with E-state index in [2.05, 4.69) is 6.58 Å². The summed E-state index contributed by atoms with van der Waals surface area (Å²) in [5.74, 6) is -1.02. The van der Waals surface area contributed by atoms with E-state index in [1.807, 2.05) is 0 Å². The van der Waals surface area contributed by atoms with Gasteiger partial charge < -0.3 is 16.6 Å². The molecule has 14 heavy (non-hydrogen) atoms. The topological polar surface area (TPSA) is 89.3 Å². The fourth-order valence-corrected chi connectivity index (χ4v) is 1.13. The van der Waals surface area contributed by atoms with E-state index in [0.29, 0.717) is 11.3 Å². The SMILES string of the molecule is C=C[C@H](N)c1cc(N)cc(C(=O)O)c1. The molecule has 0 saturated heterocycles. The van der Waals surface area contributed by atoms with E-state index in [9.17, 15) is 4.79 Å². The van der Waals surface area contributed by atoms with Crippen molar-refractivity contribution in [2.24, 2.45) is 5.73 Å². The van der Waals surface area contributed by atoms with Crippen LogP contribution < -0.4 is 11.5 Å². The first-order valence-electron chi connectivity index (χ1n) is 4.06. The molecule has 0 saturated carbocycles. The average Bonchev–Trinajstić information content (AvgIpc) is 2.15. The minimum Gasteiger partial charge on any atom is -0.478 e. The van der Waals surface area contributed by atoms with E-state index in [0.717, 1.165) is 0 Å². The molecule has 0 aromatic heterocycles. The van der Waals surface area contributed by atoms with Gasteiger partial charge in [0.15, 0.2) is 0 Å². The van der Waals surface area contributed by atoms with Crippen LogP contribution in [-0.4, -0.2) is 11.1 Å². The second-order valence-corrected chi connectivity index (χ2v) is 2.95. The Hall–Kier alpha value is -1.81. The lowest BCUT2D eigenvalue weighted by Gasteiger charge is -2.08. The normalized spacial score (nSPS) is 12.1. The lowest BCUT2D eigenvalue weighted by Crippen LogP contribution is -2.09. The van der Waals surface area contributed by atoms with Gasteiger partial charge in [0.25, 0.3) is 0 Å². The molecular weight excluding hydrogens is 180 g/mol. The Labute approximate surface area is 81.8 Å². The van der Waals surface area contributed by atoms with Crippen molar-refractivity contribution in [2.75, 3.05) is 5.73 Å². The van der Waals surface area contributed by atoms with Gasteiger partial charge in [-0.2, -0.15) is 0 Å². The first-order valence-corrected chi connectivity index (χ1v) is 4.06. The van der Waals surface area contributed by atoms with Gasteiger partial charge in [-0.1, -0.05) is 6.08 Å². The summed E-state index contributed by atoms with van der Waals surface area (Å²) in [6.07, 6.45) is 1.53. The second-order valence-electron chi connectivity index (χ2n) is 2.95. The molecule has 74 valence electrons.